The predicted molar refractivity (Wildman–Crippen MR) is 201 cm³/mol. The fraction of sp³-hybridized carbons (Fsp3) is 0. The molecule has 49 heavy (non-hydrogen) atoms. The van der Waals surface area contributed by atoms with Crippen molar-refractivity contribution in [1.82, 2.24) is 15.0 Å². The van der Waals surface area contributed by atoms with Crippen LogP contribution in [-0.4, -0.2) is 15.0 Å². The second kappa shape index (κ2) is 11.0. The van der Waals surface area contributed by atoms with E-state index in [9.17, 15) is 0 Å². The summed E-state index contributed by atoms with van der Waals surface area (Å²) in [4.78, 5) is 15.3. The van der Waals surface area contributed by atoms with Gasteiger partial charge in [0.15, 0.2) is 17.5 Å². The SMILES string of the molecule is c1ccc(-c2nc(-c3ccc4ccccc4c3)nc(-c3cc4c5cc(-c6ccc7ccccc7c6)ccc5oc4c4ccccc34)n2)cc1. The smallest absolute Gasteiger partial charge is 0.164 e. The monoisotopic (exact) mass is 625 g/mol. The van der Waals surface area contributed by atoms with Crippen LogP contribution in [0.3, 0.4) is 0 Å². The fourth-order valence-corrected chi connectivity index (χ4v) is 7.00. The highest BCUT2D eigenvalue weighted by Gasteiger charge is 2.19. The van der Waals surface area contributed by atoms with E-state index in [2.05, 4.69) is 133 Å². The normalized spacial score (nSPS) is 11.7. The highest BCUT2D eigenvalue weighted by atomic mass is 16.3. The van der Waals surface area contributed by atoms with Crippen molar-refractivity contribution in [3.63, 3.8) is 0 Å². The summed E-state index contributed by atoms with van der Waals surface area (Å²) in [6.45, 7) is 0. The molecule has 4 heteroatoms. The first kappa shape index (κ1) is 27.5. The molecule has 0 aliphatic carbocycles. The first-order valence-corrected chi connectivity index (χ1v) is 16.4. The van der Waals surface area contributed by atoms with Gasteiger partial charge in [0, 0.05) is 32.8 Å². The van der Waals surface area contributed by atoms with Crippen LogP contribution < -0.4 is 0 Å². The second-order valence-corrected chi connectivity index (χ2v) is 12.5. The number of nitrogens with zero attached hydrogens (tertiary/aromatic N) is 3. The second-order valence-electron chi connectivity index (χ2n) is 12.5. The Hall–Kier alpha value is -6.65. The number of benzene rings is 8. The van der Waals surface area contributed by atoms with Crippen molar-refractivity contribution in [3.05, 3.63) is 164 Å². The molecule has 0 fully saturated rings. The van der Waals surface area contributed by atoms with E-state index in [4.69, 9.17) is 19.4 Å². The molecule has 2 aromatic heterocycles. The molecule has 0 spiro atoms. The van der Waals surface area contributed by atoms with Crippen molar-refractivity contribution in [3.8, 4) is 45.3 Å². The molecule has 228 valence electrons. The molecule has 0 atom stereocenters. The van der Waals surface area contributed by atoms with Gasteiger partial charge in [0.25, 0.3) is 0 Å². The number of furan rings is 1. The maximum atomic E-state index is 6.59. The van der Waals surface area contributed by atoms with Gasteiger partial charge in [-0.25, -0.2) is 15.0 Å². The quantitative estimate of drug-likeness (QED) is 0.195. The lowest BCUT2D eigenvalue weighted by Crippen LogP contribution is -2.00. The molecule has 4 nitrogen and oxygen atoms in total. The number of aromatic nitrogens is 3. The molecule has 10 aromatic rings. The van der Waals surface area contributed by atoms with Gasteiger partial charge in [0.2, 0.25) is 0 Å². The Balaban J connectivity index is 1.22. The summed E-state index contributed by atoms with van der Waals surface area (Å²) in [5.74, 6) is 1.89. The third-order valence-electron chi connectivity index (χ3n) is 9.48. The Morgan fingerprint density at radius 2 is 0.878 bits per heavy atom. The fourth-order valence-electron chi connectivity index (χ4n) is 7.00. The van der Waals surface area contributed by atoms with Gasteiger partial charge in [-0.1, -0.05) is 133 Å². The summed E-state index contributed by atoms with van der Waals surface area (Å²) in [5, 5.41) is 8.90. The molecule has 10 rings (SSSR count). The van der Waals surface area contributed by atoms with Crippen LogP contribution >= 0.6 is 0 Å². The van der Waals surface area contributed by atoms with E-state index in [0.717, 1.165) is 60.4 Å². The number of rotatable bonds is 4. The molecule has 0 radical (unpaired) electrons. The predicted octanol–water partition coefficient (Wildman–Crippen LogP) is 11.9. The Morgan fingerprint density at radius 1 is 0.327 bits per heavy atom. The maximum Gasteiger partial charge on any atom is 0.164 e. The van der Waals surface area contributed by atoms with Gasteiger partial charge in [0.05, 0.1) is 0 Å². The standard InChI is InChI=1S/C45H27N3O/c1-2-12-30(13-3-1)43-46-44(35-21-19-29-11-5-7-15-32(29)25-35)48-45(47-43)40-27-39-38-26-34(33-20-18-28-10-4-6-14-31(28)24-33)22-23-41(38)49-42(39)37-17-9-8-16-36(37)40/h1-27H. The molecule has 0 saturated heterocycles. The number of fused-ring (bicyclic) bond motifs is 7. The van der Waals surface area contributed by atoms with Crippen LogP contribution in [-0.2, 0) is 0 Å². The summed E-state index contributed by atoms with van der Waals surface area (Å²) >= 11 is 0. The van der Waals surface area contributed by atoms with Crippen molar-refractivity contribution in [2.75, 3.05) is 0 Å². The Kier molecular flexibility index (Phi) is 6.15. The summed E-state index contributed by atoms with van der Waals surface area (Å²) in [6, 6.07) is 57.0. The van der Waals surface area contributed by atoms with Gasteiger partial charge in [-0.15, -0.1) is 0 Å². The lowest BCUT2D eigenvalue weighted by atomic mass is 9.97. The average molecular weight is 626 g/mol. The summed E-state index contributed by atoms with van der Waals surface area (Å²) in [6.07, 6.45) is 0. The molecule has 0 N–H and O–H groups in total. The van der Waals surface area contributed by atoms with E-state index in [-0.39, 0.29) is 0 Å². The van der Waals surface area contributed by atoms with Crippen LogP contribution in [0.5, 0.6) is 0 Å². The van der Waals surface area contributed by atoms with Crippen molar-refractivity contribution in [2.45, 2.75) is 0 Å². The highest BCUT2D eigenvalue weighted by molar-refractivity contribution is 6.19. The number of hydrogen-bond acceptors (Lipinski definition) is 4. The van der Waals surface area contributed by atoms with Crippen LogP contribution in [0.15, 0.2) is 168 Å². The molecule has 2 heterocycles. The van der Waals surface area contributed by atoms with Crippen LogP contribution in [0.1, 0.15) is 0 Å². The average Bonchev–Trinajstić information content (AvgIpc) is 3.55. The highest BCUT2D eigenvalue weighted by Crippen LogP contribution is 2.41. The lowest BCUT2D eigenvalue weighted by molar-refractivity contribution is 0.673. The molecule has 0 aliphatic rings. The summed E-state index contributed by atoms with van der Waals surface area (Å²) < 4.78 is 6.59. The third kappa shape index (κ3) is 4.65. The minimum Gasteiger partial charge on any atom is -0.455 e. The zero-order valence-electron chi connectivity index (χ0n) is 26.3. The third-order valence-corrected chi connectivity index (χ3v) is 9.48. The zero-order chi connectivity index (χ0) is 32.3. The first-order valence-electron chi connectivity index (χ1n) is 16.4. The number of hydrogen-bond donors (Lipinski definition) is 0. The van der Waals surface area contributed by atoms with E-state index in [0.29, 0.717) is 17.5 Å². The summed E-state index contributed by atoms with van der Waals surface area (Å²) in [7, 11) is 0. The molecule has 0 amide bonds. The van der Waals surface area contributed by atoms with Gasteiger partial charge in [0.1, 0.15) is 11.2 Å². The Labute approximate surface area is 282 Å². The van der Waals surface area contributed by atoms with Crippen LogP contribution in [0.2, 0.25) is 0 Å². The minimum atomic E-state index is 0.621. The van der Waals surface area contributed by atoms with Crippen molar-refractivity contribution in [1.29, 1.82) is 0 Å². The van der Waals surface area contributed by atoms with Crippen LogP contribution in [0.25, 0.3) is 99.5 Å². The maximum absolute atomic E-state index is 6.59. The molecule has 0 unspecified atom stereocenters. The van der Waals surface area contributed by atoms with Gasteiger partial charge in [-0.3, -0.25) is 0 Å². The molecular weight excluding hydrogens is 599 g/mol. The molecule has 0 saturated carbocycles. The molecular formula is C45H27N3O. The minimum absolute atomic E-state index is 0.621. The van der Waals surface area contributed by atoms with Crippen molar-refractivity contribution in [2.24, 2.45) is 0 Å². The van der Waals surface area contributed by atoms with E-state index in [1.807, 2.05) is 30.3 Å². The topological polar surface area (TPSA) is 51.8 Å². The van der Waals surface area contributed by atoms with Crippen molar-refractivity contribution >= 4 is 54.3 Å². The van der Waals surface area contributed by atoms with Gasteiger partial charge >= 0.3 is 0 Å². The Bertz CT molecular complexity index is 2890. The van der Waals surface area contributed by atoms with E-state index in [1.165, 1.54) is 21.7 Å². The van der Waals surface area contributed by atoms with E-state index in [1.54, 1.807) is 0 Å². The van der Waals surface area contributed by atoms with Gasteiger partial charge in [-0.05, 0) is 68.4 Å². The van der Waals surface area contributed by atoms with Crippen LogP contribution in [0, 0.1) is 0 Å². The van der Waals surface area contributed by atoms with Gasteiger partial charge in [-0.2, -0.15) is 0 Å². The van der Waals surface area contributed by atoms with Crippen molar-refractivity contribution < 1.29 is 4.42 Å². The molecule has 0 aliphatic heterocycles. The largest absolute Gasteiger partial charge is 0.455 e. The van der Waals surface area contributed by atoms with E-state index < -0.39 is 0 Å². The van der Waals surface area contributed by atoms with Crippen LogP contribution in [0.4, 0.5) is 0 Å². The Morgan fingerprint density at radius 3 is 1.63 bits per heavy atom. The first-order chi connectivity index (χ1) is 24.2. The molecule has 0 bridgehead atoms. The summed E-state index contributed by atoms with van der Waals surface area (Å²) in [5.41, 5.74) is 6.83. The van der Waals surface area contributed by atoms with E-state index >= 15 is 0 Å². The lowest BCUT2D eigenvalue weighted by Gasteiger charge is -2.11. The molecule has 8 aromatic carbocycles. The zero-order valence-corrected chi connectivity index (χ0v) is 26.3. The van der Waals surface area contributed by atoms with Gasteiger partial charge < -0.3 is 4.42 Å².